The van der Waals surface area contributed by atoms with Gasteiger partial charge in [0.05, 0.1) is 0 Å². The molecule has 0 heterocycles. The number of rotatable bonds is 10. The van der Waals surface area contributed by atoms with Gasteiger partial charge in [-0.2, -0.15) is 0 Å². The molecule has 2 nitrogen and oxygen atoms in total. The van der Waals surface area contributed by atoms with E-state index in [1.807, 2.05) is 6.08 Å². The fourth-order valence-electron chi connectivity index (χ4n) is 1.73. The lowest BCUT2D eigenvalue weighted by Gasteiger charge is -2.24. The van der Waals surface area contributed by atoms with Gasteiger partial charge in [0.15, 0.2) is 0 Å². The lowest BCUT2D eigenvalue weighted by atomic mass is 10.2. The zero-order valence-electron chi connectivity index (χ0n) is 11.6. The maximum absolute atomic E-state index is 3.81. The second-order valence-electron chi connectivity index (χ2n) is 5.05. The molecule has 0 amide bonds. The predicted octanol–water partition coefficient (Wildman–Crippen LogP) is 3.05. The van der Waals surface area contributed by atoms with E-state index in [2.05, 4.69) is 44.5 Å². The summed E-state index contributed by atoms with van der Waals surface area (Å²) in [6.07, 6.45) is 5.91. The third kappa shape index (κ3) is 8.93. The molecule has 0 rings (SSSR count). The molecular weight excluding hydrogens is 196 g/mol. The Balaban J connectivity index is 3.43. The summed E-state index contributed by atoms with van der Waals surface area (Å²) >= 11 is 0. The first-order valence-corrected chi connectivity index (χ1v) is 6.66. The van der Waals surface area contributed by atoms with Gasteiger partial charge >= 0.3 is 0 Å². The monoisotopic (exact) mass is 226 g/mol. The molecule has 0 saturated heterocycles. The Morgan fingerprint density at radius 2 is 1.81 bits per heavy atom. The quantitative estimate of drug-likeness (QED) is 0.455. The van der Waals surface area contributed by atoms with Crippen LogP contribution in [-0.2, 0) is 0 Å². The maximum Gasteiger partial charge on any atom is 0.0163 e. The van der Waals surface area contributed by atoms with Crippen LogP contribution in [0.4, 0.5) is 0 Å². The van der Waals surface area contributed by atoms with Crippen LogP contribution >= 0.6 is 0 Å². The summed E-state index contributed by atoms with van der Waals surface area (Å²) in [6, 6.07) is 1.25. The van der Waals surface area contributed by atoms with Crippen LogP contribution in [0.3, 0.4) is 0 Å². The highest BCUT2D eigenvalue weighted by Gasteiger charge is 2.06. The van der Waals surface area contributed by atoms with Crippen LogP contribution in [0.5, 0.6) is 0 Å². The number of unbranched alkanes of at least 4 members (excludes halogenated alkanes) is 2. The molecule has 0 aliphatic rings. The first-order chi connectivity index (χ1) is 7.57. The fourth-order valence-corrected chi connectivity index (χ4v) is 1.73. The summed E-state index contributed by atoms with van der Waals surface area (Å²) in [7, 11) is 0. The van der Waals surface area contributed by atoms with Gasteiger partial charge in [-0.15, -0.1) is 6.58 Å². The first-order valence-electron chi connectivity index (χ1n) is 6.66. The van der Waals surface area contributed by atoms with Crippen molar-refractivity contribution >= 4 is 0 Å². The molecule has 16 heavy (non-hydrogen) atoms. The van der Waals surface area contributed by atoms with Crippen LogP contribution in [0.25, 0.3) is 0 Å². The number of hydrogen-bond donors (Lipinski definition) is 1. The standard InChI is InChI=1S/C14H30N2/c1-6-11-16(14(4)5)12-9-7-8-10-15-13(2)3/h6,13-15H,1,7-12H2,2-5H3. The van der Waals surface area contributed by atoms with Crippen LogP contribution in [0.2, 0.25) is 0 Å². The van der Waals surface area contributed by atoms with Gasteiger partial charge in [-0.25, -0.2) is 0 Å². The highest BCUT2D eigenvalue weighted by atomic mass is 15.1. The molecule has 0 aliphatic carbocycles. The first kappa shape index (κ1) is 15.7. The second kappa shape index (κ2) is 9.86. The average Bonchev–Trinajstić information content (AvgIpc) is 2.20. The van der Waals surface area contributed by atoms with E-state index in [1.54, 1.807) is 0 Å². The third-order valence-corrected chi connectivity index (χ3v) is 2.77. The molecule has 0 unspecified atom stereocenters. The van der Waals surface area contributed by atoms with E-state index in [0.29, 0.717) is 12.1 Å². The molecule has 2 heteroatoms. The van der Waals surface area contributed by atoms with Crippen molar-refractivity contribution < 1.29 is 0 Å². The molecule has 0 aromatic carbocycles. The van der Waals surface area contributed by atoms with Crippen molar-refractivity contribution in [1.82, 2.24) is 10.2 Å². The van der Waals surface area contributed by atoms with Crippen LogP contribution in [0.15, 0.2) is 12.7 Å². The Morgan fingerprint density at radius 1 is 1.12 bits per heavy atom. The molecular formula is C14H30N2. The van der Waals surface area contributed by atoms with E-state index in [1.165, 1.54) is 25.8 Å². The molecule has 0 radical (unpaired) electrons. The summed E-state index contributed by atoms with van der Waals surface area (Å²) < 4.78 is 0. The summed E-state index contributed by atoms with van der Waals surface area (Å²) in [5, 5.41) is 3.45. The van der Waals surface area contributed by atoms with Gasteiger partial charge in [0, 0.05) is 18.6 Å². The van der Waals surface area contributed by atoms with E-state index >= 15 is 0 Å². The fraction of sp³-hybridized carbons (Fsp3) is 0.857. The Labute approximate surface area is 102 Å². The van der Waals surface area contributed by atoms with E-state index < -0.39 is 0 Å². The van der Waals surface area contributed by atoms with Gasteiger partial charge in [-0.1, -0.05) is 26.3 Å². The van der Waals surface area contributed by atoms with Crippen molar-refractivity contribution in [3.63, 3.8) is 0 Å². The van der Waals surface area contributed by atoms with Crippen molar-refractivity contribution in [2.75, 3.05) is 19.6 Å². The number of hydrogen-bond acceptors (Lipinski definition) is 2. The topological polar surface area (TPSA) is 15.3 Å². The molecule has 0 saturated carbocycles. The normalized spacial score (nSPS) is 11.7. The molecule has 1 N–H and O–H groups in total. The molecule has 0 spiro atoms. The van der Waals surface area contributed by atoms with Gasteiger partial charge in [-0.3, -0.25) is 4.90 Å². The highest BCUT2D eigenvalue weighted by molar-refractivity contribution is 4.75. The summed E-state index contributed by atoms with van der Waals surface area (Å²) in [5.74, 6) is 0. The van der Waals surface area contributed by atoms with Crippen molar-refractivity contribution in [1.29, 1.82) is 0 Å². The zero-order valence-corrected chi connectivity index (χ0v) is 11.6. The largest absolute Gasteiger partial charge is 0.315 e. The Hall–Kier alpha value is -0.340. The number of nitrogens with one attached hydrogen (secondary N) is 1. The lowest BCUT2D eigenvalue weighted by Crippen LogP contribution is -2.32. The van der Waals surface area contributed by atoms with Crippen LogP contribution in [0.1, 0.15) is 47.0 Å². The average molecular weight is 226 g/mol. The molecule has 0 fully saturated rings. The van der Waals surface area contributed by atoms with E-state index in [-0.39, 0.29) is 0 Å². The van der Waals surface area contributed by atoms with Crippen LogP contribution < -0.4 is 5.32 Å². The molecule has 0 atom stereocenters. The molecule has 96 valence electrons. The number of nitrogens with zero attached hydrogens (tertiary/aromatic N) is 1. The summed E-state index contributed by atoms with van der Waals surface area (Å²) in [4.78, 5) is 2.48. The van der Waals surface area contributed by atoms with Crippen molar-refractivity contribution in [3.05, 3.63) is 12.7 Å². The van der Waals surface area contributed by atoms with Crippen LogP contribution in [-0.4, -0.2) is 36.6 Å². The minimum Gasteiger partial charge on any atom is -0.315 e. The lowest BCUT2D eigenvalue weighted by molar-refractivity contribution is 0.240. The zero-order chi connectivity index (χ0) is 12.4. The highest BCUT2D eigenvalue weighted by Crippen LogP contribution is 2.03. The smallest absolute Gasteiger partial charge is 0.0163 e. The van der Waals surface area contributed by atoms with Gasteiger partial charge in [0.1, 0.15) is 0 Å². The minimum absolute atomic E-state index is 0.618. The SMILES string of the molecule is C=CCN(CCCCCNC(C)C)C(C)C. The third-order valence-electron chi connectivity index (χ3n) is 2.77. The molecule has 0 aliphatic heterocycles. The molecule has 0 aromatic rings. The van der Waals surface area contributed by atoms with Crippen molar-refractivity contribution in [2.24, 2.45) is 0 Å². The van der Waals surface area contributed by atoms with Gasteiger partial charge in [0.25, 0.3) is 0 Å². The van der Waals surface area contributed by atoms with E-state index in [9.17, 15) is 0 Å². The summed E-state index contributed by atoms with van der Waals surface area (Å²) in [5.41, 5.74) is 0. The van der Waals surface area contributed by atoms with Gasteiger partial charge in [-0.05, 0) is 39.8 Å². The van der Waals surface area contributed by atoms with Gasteiger partial charge < -0.3 is 5.32 Å². The van der Waals surface area contributed by atoms with Crippen molar-refractivity contribution in [2.45, 2.75) is 59.0 Å². The summed E-state index contributed by atoms with van der Waals surface area (Å²) in [6.45, 7) is 16.1. The molecule has 0 aromatic heterocycles. The Morgan fingerprint density at radius 3 is 2.31 bits per heavy atom. The Bertz CT molecular complexity index is 164. The van der Waals surface area contributed by atoms with E-state index in [4.69, 9.17) is 0 Å². The predicted molar refractivity (Wildman–Crippen MR) is 73.9 cm³/mol. The second-order valence-corrected chi connectivity index (χ2v) is 5.05. The maximum atomic E-state index is 3.81. The van der Waals surface area contributed by atoms with Crippen LogP contribution in [0, 0.1) is 0 Å². The van der Waals surface area contributed by atoms with E-state index in [0.717, 1.165) is 13.1 Å². The molecule has 0 bridgehead atoms. The van der Waals surface area contributed by atoms with Gasteiger partial charge in [0.2, 0.25) is 0 Å². The van der Waals surface area contributed by atoms with Crippen molar-refractivity contribution in [3.8, 4) is 0 Å². The minimum atomic E-state index is 0.618. The Kier molecular flexibility index (Phi) is 9.65.